The number of guanidine groups is 1. The smallest absolute Gasteiger partial charge is 0.191 e. The van der Waals surface area contributed by atoms with Crippen molar-refractivity contribution in [2.24, 2.45) is 4.99 Å². The molecule has 0 aliphatic carbocycles. The molecule has 0 unspecified atom stereocenters. The van der Waals surface area contributed by atoms with E-state index < -0.39 is 0 Å². The Morgan fingerprint density at radius 2 is 1.68 bits per heavy atom. The second kappa shape index (κ2) is 11.4. The Bertz CT molecular complexity index is 875. The van der Waals surface area contributed by atoms with E-state index in [9.17, 15) is 0 Å². The topological polar surface area (TPSA) is 67.1 Å². The molecule has 28 heavy (non-hydrogen) atoms. The van der Waals surface area contributed by atoms with Gasteiger partial charge in [-0.15, -0.1) is 34.2 Å². The van der Waals surface area contributed by atoms with Crippen molar-refractivity contribution in [3.8, 4) is 5.69 Å². The third-order valence-corrected chi connectivity index (χ3v) is 4.32. The van der Waals surface area contributed by atoms with Gasteiger partial charge in [0.15, 0.2) is 11.8 Å². The van der Waals surface area contributed by atoms with Crippen molar-refractivity contribution in [3.05, 3.63) is 77.9 Å². The molecule has 0 aliphatic heterocycles. The Balaban J connectivity index is 0.00000280. The summed E-state index contributed by atoms with van der Waals surface area (Å²) in [5.74, 6) is 1.60. The molecule has 0 saturated heterocycles. The lowest BCUT2D eigenvalue weighted by Crippen LogP contribution is -2.37. The molecule has 0 spiro atoms. The average molecular weight is 490 g/mol. The van der Waals surface area contributed by atoms with Gasteiger partial charge in [0.2, 0.25) is 0 Å². The fraction of sp³-hybridized carbons (Fsp3) is 0.286. The van der Waals surface area contributed by atoms with Crippen LogP contribution < -0.4 is 10.6 Å². The molecule has 0 amide bonds. The number of benzene rings is 2. The van der Waals surface area contributed by atoms with E-state index in [0.717, 1.165) is 30.4 Å². The molecule has 0 aliphatic rings. The summed E-state index contributed by atoms with van der Waals surface area (Å²) in [6.45, 7) is 6.21. The van der Waals surface area contributed by atoms with Crippen molar-refractivity contribution in [1.29, 1.82) is 0 Å². The van der Waals surface area contributed by atoms with Crippen LogP contribution in [-0.4, -0.2) is 27.3 Å². The zero-order valence-electron chi connectivity index (χ0n) is 16.3. The van der Waals surface area contributed by atoms with Crippen LogP contribution in [0.3, 0.4) is 0 Å². The van der Waals surface area contributed by atoms with E-state index in [2.05, 4.69) is 58.9 Å². The van der Waals surface area contributed by atoms with Crippen LogP contribution in [0.15, 0.2) is 65.9 Å². The highest BCUT2D eigenvalue weighted by atomic mass is 127. The molecule has 0 atom stereocenters. The minimum atomic E-state index is 0. The summed E-state index contributed by atoms with van der Waals surface area (Å²) in [6.07, 6.45) is 2.74. The number of hydrogen-bond donors (Lipinski definition) is 2. The number of nitrogens with one attached hydrogen (secondary N) is 2. The van der Waals surface area contributed by atoms with Crippen molar-refractivity contribution in [3.63, 3.8) is 0 Å². The molecule has 7 heteroatoms. The van der Waals surface area contributed by atoms with E-state index in [1.54, 1.807) is 6.33 Å². The predicted molar refractivity (Wildman–Crippen MR) is 124 cm³/mol. The minimum Gasteiger partial charge on any atom is -0.357 e. The maximum Gasteiger partial charge on any atom is 0.191 e. The highest BCUT2D eigenvalue weighted by molar-refractivity contribution is 14.0. The molecule has 6 nitrogen and oxygen atoms in total. The molecule has 0 bridgehead atoms. The lowest BCUT2D eigenvalue weighted by molar-refractivity contribution is 0.755. The van der Waals surface area contributed by atoms with Gasteiger partial charge in [-0.2, -0.15) is 0 Å². The monoisotopic (exact) mass is 490 g/mol. The summed E-state index contributed by atoms with van der Waals surface area (Å²) in [7, 11) is 0. The zero-order chi connectivity index (χ0) is 18.9. The fourth-order valence-electron chi connectivity index (χ4n) is 2.91. The SMILES string of the molecule is CCNC(=NCc1ccccc1CC)NCc1nncn1-c1ccccc1.I. The van der Waals surface area contributed by atoms with E-state index in [1.807, 2.05) is 34.9 Å². The van der Waals surface area contributed by atoms with Gasteiger partial charge in [-0.3, -0.25) is 4.57 Å². The van der Waals surface area contributed by atoms with E-state index >= 15 is 0 Å². The quantitative estimate of drug-likeness (QED) is 0.301. The maximum absolute atomic E-state index is 4.73. The fourth-order valence-corrected chi connectivity index (χ4v) is 2.91. The van der Waals surface area contributed by atoms with Crippen molar-refractivity contribution in [2.45, 2.75) is 33.4 Å². The van der Waals surface area contributed by atoms with Crippen LogP contribution >= 0.6 is 24.0 Å². The van der Waals surface area contributed by atoms with Crippen molar-refractivity contribution >= 4 is 29.9 Å². The van der Waals surface area contributed by atoms with Gasteiger partial charge < -0.3 is 10.6 Å². The summed E-state index contributed by atoms with van der Waals surface area (Å²) in [5.41, 5.74) is 3.63. The normalized spacial score (nSPS) is 11.0. The summed E-state index contributed by atoms with van der Waals surface area (Å²) in [6, 6.07) is 18.5. The standard InChI is InChI=1S/C21H26N6.HI/c1-3-17-10-8-9-11-18(17)14-23-21(22-4-2)24-15-20-26-25-16-27(20)19-12-6-5-7-13-19;/h5-13,16H,3-4,14-15H2,1-2H3,(H2,22,23,24);1H. The molecule has 3 aromatic rings. The molecular weight excluding hydrogens is 463 g/mol. The predicted octanol–water partition coefficient (Wildman–Crippen LogP) is 3.70. The first-order chi connectivity index (χ1) is 13.3. The van der Waals surface area contributed by atoms with Crippen molar-refractivity contribution in [1.82, 2.24) is 25.4 Å². The first-order valence-electron chi connectivity index (χ1n) is 9.35. The number of aliphatic imine (C=N–C) groups is 1. The first-order valence-corrected chi connectivity index (χ1v) is 9.35. The Labute approximate surface area is 183 Å². The third-order valence-electron chi connectivity index (χ3n) is 4.32. The second-order valence-electron chi connectivity index (χ2n) is 6.12. The highest BCUT2D eigenvalue weighted by Crippen LogP contribution is 2.11. The Kier molecular flexibility index (Phi) is 8.93. The molecule has 2 aromatic carbocycles. The average Bonchev–Trinajstić information content (AvgIpc) is 3.19. The number of nitrogens with zero attached hydrogens (tertiary/aromatic N) is 4. The van der Waals surface area contributed by atoms with Crippen molar-refractivity contribution in [2.75, 3.05) is 6.54 Å². The molecule has 0 saturated carbocycles. The van der Waals surface area contributed by atoms with Gasteiger partial charge in [-0.1, -0.05) is 49.4 Å². The van der Waals surface area contributed by atoms with Gasteiger partial charge in [0, 0.05) is 12.2 Å². The number of halogens is 1. The zero-order valence-corrected chi connectivity index (χ0v) is 18.6. The lowest BCUT2D eigenvalue weighted by atomic mass is 10.1. The lowest BCUT2D eigenvalue weighted by Gasteiger charge is -2.12. The Morgan fingerprint density at radius 3 is 2.39 bits per heavy atom. The number of hydrogen-bond acceptors (Lipinski definition) is 3. The third kappa shape index (κ3) is 5.79. The molecule has 1 heterocycles. The summed E-state index contributed by atoms with van der Waals surface area (Å²) < 4.78 is 1.98. The minimum absolute atomic E-state index is 0. The largest absolute Gasteiger partial charge is 0.357 e. The van der Waals surface area contributed by atoms with Gasteiger partial charge in [-0.25, -0.2) is 4.99 Å². The van der Waals surface area contributed by atoms with Crippen LogP contribution in [0.1, 0.15) is 30.8 Å². The molecule has 0 fully saturated rings. The summed E-state index contributed by atoms with van der Waals surface area (Å²) in [4.78, 5) is 4.73. The van der Waals surface area contributed by atoms with Gasteiger partial charge in [0.1, 0.15) is 6.33 Å². The molecule has 1 aromatic heterocycles. The summed E-state index contributed by atoms with van der Waals surface area (Å²) in [5, 5.41) is 14.9. The van der Waals surface area contributed by atoms with Crippen LogP contribution in [0.4, 0.5) is 0 Å². The Morgan fingerprint density at radius 1 is 0.964 bits per heavy atom. The van der Waals surface area contributed by atoms with E-state index in [1.165, 1.54) is 11.1 Å². The first kappa shape index (κ1) is 21.9. The number of rotatable bonds is 7. The van der Waals surface area contributed by atoms with Gasteiger partial charge >= 0.3 is 0 Å². The van der Waals surface area contributed by atoms with Crippen LogP contribution in [0.2, 0.25) is 0 Å². The van der Waals surface area contributed by atoms with Gasteiger partial charge in [-0.05, 0) is 36.6 Å². The summed E-state index contributed by atoms with van der Waals surface area (Å²) >= 11 is 0. The number of aromatic nitrogens is 3. The molecular formula is C21H27IN6. The molecule has 3 rings (SSSR count). The van der Waals surface area contributed by atoms with Crippen LogP contribution in [0.25, 0.3) is 5.69 Å². The van der Waals surface area contributed by atoms with Crippen LogP contribution in [-0.2, 0) is 19.5 Å². The van der Waals surface area contributed by atoms with Crippen LogP contribution in [0.5, 0.6) is 0 Å². The highest BCUT2D eigenvalue weighted by Gasteiger charge is 2.07. The molecule has 148 valence electrons. The maximum atomic E-state index is 4.73. The van der Waals surface area contributed by atoms with E-state index in [-0.39, 0.29) is 24.0 Å². The number of aryl methyl sites for hydroxylation is 1. The van der Waals surface area contributed by atoms with E-state index in [4.69, 9.17) is 4.99 Å². The Hall–Kier alpha value is -2.42. The van der Waals surface area contributed by atoms with Gasteiger partial charge in [0.25, 0.3) is 0 Å². The van der Waals surface area contributed by atoms with Crippen LogP contribution in [0, 0.1) is 0 Å². The van der Waals surface area contributed by atoms with E-state index in [0.29, 0.717) is 13.1 Å². The van der Waals surface area contributed by atoms with Crippen molar-refractivity contribution < 1.29 is 0 Å². The second-order valence-corrected chi connectivity index (χ2v) is 6.12. The molecule has 0 radical (unpaired) electrons. The molecule has 2 N–H and O–H groups in total. The number of para-hydroxylation sites is 1. The van der Waals surface area contributed by atoms with Gasteiger partial charge in [0.05, 0.1) is 13.1 Å².